The van der Waals surface area contributed by atoms with Crippen LogP contribution in [-0.2, 0) is 6.18 Å². The van der Waals surface area contributed by atoms with Crippen LogP contribution in [0.2, 0.25) is 0 Å². The second-order valence-electron chi connectivity index (χ2n) is 5.13. The lowest BCUT2D eigenvalue weighted by molar-refractivity contribution is -0.137. The van der Waals surface area contributed by atoms with E-state index in [1.807, 2.05) is 13.2 Å². The maximum Gasteiger partial charge on any atom is 0.416 e. The van der Waals surface area contributed by atoms with Gasteiger partial charge in [-0.1, -0.05) is 6.07 Å². The van der Waals surface area contributed by atoms with Crippen molar-refractivity contribution in [2.75, 3.05) is 38.2 Å². The molecule has 5 nitrogen and oxygen atoms in total. The van der Waals surface area contributed by atoms with Gasteiger partial charge in [0.1, 0.15) is 18.5 Å². The maximum atomic E-state index is 12.6. The van der Waals surface area contributed by atoms with Crippen LogP contribution in [0, 0.1) is 0 Å². The Bertz CT molecular complexity index is 542. The molecule has 0 saturated heterocycles. The van der Waals surface area contributed by atoms with Crippen LogP contribution in [0.5, 0.6) is 5.75 Å². The Morgan fingerprint density at radius 3 is 2.76 bits per heavy atom. The van der Waals surface area contributed by atoms with E-state index in [2.05, 4.69) is 15.6 Å². The van der Waals surface area contributed by atoms with E-state index in [-0.39, 0.29) is 18.9 Å². The van der Waals surface area contributed by atoms with E-state index in [4.69, 9.17) is 4.74 Å². The fraction of sp³-hybridized carbons (Fsp3) is 0.562. The molecule has 0 amide bonds. The quantitative estimate of drug-likeness (QED) is 0.349. The number of aliphatic hydroxyl groups is 1. The average molecular weight is 379 g/mol. The number of hydrogen-bond acceptors (Lipinski definition) is 4. The number of hydrogen-bond donors (Lipinski definition) is 3. The molecular formula is C16H24F3N3O2S. The van der Waals surface area contributed by atoms with Crippen molar-refractivity contribution >= 4 is 17.7 Å². The van der Waals surface area contributed by atoms with Crippen molar-refractivity contribution in [1.82, 2.24) is 10.6 Å². The highest BCUT2D eigenvalue weighted by Gasteiger charge is 2.30. The van der Waals surface area contributed by atoms with Gasteiger partial charge >= 0.3 is 6.18 Å². The summed E-state index contributed by atoms with van der Waals surface area (Å²) < 4.78 is 43.1. The van der Waals surface area contributed by atoms with E-state index >= 15 is 0 Å². The average Bonchev–Trinajstić information content (AvgIpc) is 2.57. The topological polar surface area (TPSA) is 65.9 Å². The molecule has 25 heavy (non-hydrogen) atoms. The summed E-state index contributed by atoms with van der Waals surface area (Å²) in [4.78, 5) is 4.23. The minimum absolute atomic E-state index is 0.0582. The van der Waals surface area contributed by atoms with Crippen molar-refractivity contribution in [3.05, 3.63) is 29.8 Å². The molecule has 0 fully saturated rings. The van der Waals surface area contributed by atoms with Crippen LogP contribution in [0.4, 0.5) is 13.2 Å². The molecule has 0 spiro atoms. The highest BCUT2D eigenvalue weighted by molar-refractivity contribution is 7.98. The molecule has 1 rings (SSSR count). The monoisotopic (exact) mass is 379 g/mol. The Morgan fingerprint density at radius 1 is 1.36 bits per heavy atom. The second-order valence-corrected chi connectivity index (χ2v) is 6.12. The number of halogens is 3. The fourth-order valence-corrected chi connectivity index (χ4v) is 2.12. The lowest BCUT2D eigenvalue weighted by Gasteiger charge is -2.14. The van der Waals surface area contributed by atoms with Crippen molar-refractivity contribution in [2.24, 2.45) is 4.99 Å². The molecule has 1 atom stereocenters. The van der Waals surface area contributed by atoms with Gasteiger partial charge in [-0.15, -0.1) is 0 Å². The molecule has 9 heteroatoms. The second kappa shape index (κ2) is 11.1. The Labute approximate surface area is 150 Å². The van der Waals surface area contributed by atoms with Gasteiger partial charge in [0.2, 0.25) is 0 Å². The van der Waals surface area contributed by atoms with Gasteiger partial charge in [0.15, 0.2) is 5.96 Å². The number of rotatable bonds is 9. The number of guanidine groups is 1. The summed E-state index contributed by atoms with van der Waals surface area (Å²) in [5.41, 5.74) is -0.787. The molecule has 0 saturated carbocycles. The van der Waals surface area contributed by atoms with Crippen LogP contribution in [-0.4, -0.2) is 55.4 Å². The molecule has 0 aliphatic rings. The molecule has 0 radical (unpaired) electrons. The summed E-state index contributed by atoms with van der Waals surface area (Å²) in [6, 6.07) is 4.56. The minimum atomic E-state index is -4.43. The van der Waals surface area contributed by atoms with Gasteiger partial charge in [-0.3, -0.25) is 4.99 Å². The van der Waals surface area contributed by atoms with Crippen molar-refractivity contribution < 1.29 is 23.0 Å². The highest BCUT2D eigenvalue weighted by atomic mass is 32.2. The van der Waals surface area contributed by atoms with Gasteiger partial charge in [-0.05, 0) is 31.4 Å². The molecule has 0 heterocycles. The van der Waals surface area contributed by atoms with E-state index in [0.29, 0.717) is 12.5 Å². The first-order valence-electron chi connectivity index (χ1n) is 7.86. The third-order valence-electron chi connectivity index (χ3n) is 3.01. The summed E-state index contributed by atoms with van der Waals surface area (Å²) in [7, 11) is 0. The van der Waals surface area contributed by atoms with Gasteiger partial charge in [-0.25, -0.2) is 0 Å². The molecule has 0 bridgehead atoms. The minimum Gasteiger partial charge on any atom is -0.491 e. The van der Waals surface area contributed by atoms with Crippen LogP contribution in [0.15, 0.2) is 29.3 Å². The van der Waals surface area contributed by atoms with Crippen LogP contribution < -0.4 is 15.4 Å². The van der Waals surface area contributed by atoms with Crippen LogP contribution in [0.1, 0.15) is 12.5 Å². The first-order valence-corrected chi connectivity index (χ1v) is 9.25. The fourth-order valence-electron chi connectivity index (χ4n) is 1.82. The molecule has 0 aliphatic heterocycles. The van der Waals surface area contributed by atoms with E-state index in [0.717, 1.165) is 24.4 Å². The largest absolute Gasteiger partial charge is 0.491 e. The van der Waals surface area contributed by atoms with Crippen LogP contribution in [0.25, 0.3) is 0 Å². The third-order valence-corrected chi connectivity index (χ3v) is 3.62. The van der Waals surface area contributed by atoms with Crippen molar-refractivity contribution in [3.63, 3.8) is 0 Å². The van der Waals surface area contributed by atoms with Crippen LogP contribution in [0.3, 0.4) is 0 Å². The first-order chi connectivity index (χ1) is 11.9. The smallest absolute Gasteiger partial charge is 0.416 e. The molecule has 1 aromatic carbocycles. The molecule has 3 N–H and O–H groups in total. The maximum absolute atomic E-state index is 12.6. The van der Waals surface area contributed by atoms with Gasteiger partial charge in [-0.2, -0.15) is 24.9 Å². The van der Waals surface area contributed by atoms with Crippen molar-refractivity contribution in [1.29, 1.82) is 0 Å². The summed E-state index contributed by atoms with van der Waals surface area (Å²) in [5.74, 6) is 1.56. The molecule has 1 unspecified atom stereocenters. The zero-order valence-electron chi connectivity index (χ0n) is 14.3. The summed E-state index contributed by atoms with van der Waals surface area (Å²) in [5, 5.41) is 16.1. The molecule has 0 aromatic heterocycles. The van der Waals surface area contributed by atoms with E-state index in [1.54, 1.807) is 11.8 Å². The molecule has 0 aliphatic carbocycles. The molecular weight excluding hydrogens is 355 g/mol. The van der Waals surface area contributed by atoms with Crippen molar-refractivity contribution in [2.45, 2.75) is 19.2 Å². The number of nitrogens with one attached hydrogen (secondary N) is 2. The van der Waals surface area contributed by atoms with Gasteiger partial charge in [0.05, 0.1) is 12.1 Å². The van der Waals surface area contributed by atoms with E-state index in [9.17, 15) is 18.3 Å². The Hall–Kier alpha value is -1.61. The number of ether oxygens (including phenoxy) is 1. The standard InChI is InChI=1S/C16H24F3N3O2S/c1-3-20-15(21-7-8-25-2)22-10-13(23)11-24-14-6-4-5-12(9-14)16(17,18)19/h4-6,9,13,23H,3,7-8,10-11H2,1-2H3,(H2,20,21,22). The van der Waals surface area contributed by atoms with Crippen molar-refractivity contribution in [3.8, 4) is 5.75 Å². The first kappa shape index (κ1) is 21.4. The zero-order chi connectivity index (χ0) is 18.7. The summed E-state index contributed by atoms with van der Waals surface area (Å²) in [6.07, 6.45) is -3.35. The predicted octanol–water partition coefficient (Wildman–Crippen LogP) is 2.36. The van der Waals surface area contributed by atoms with E-state index < -0.39 is 17.8 Å². The number of aliphatic imine (C=N–C) groups is 1. The van der Waals surface area contributed by atoms with Gasteiger partial charge < -0.3 is 20.5 Å². The number of alkyl halides is 3. The SMILES string of the molecule is CCNC(=NCC(O)COc1cccc(C(F)(F)F)c1)NCCSC. The summed E-state index contributed by atoms with van der Waals surface area (Å²) in [6.45, 7) is 3.29. The number of aliphatic hydroxyl groups excluding tert-OH is 1. The number of nitrogens with zero attached hydrogens (tertiary/aromatic N) is 1. The van der Waals surface area contributed by atoms with Gasteiger partial charge in [0.25, 0.3) is 0 Å². The third kappa shape index (κ3) is 8.87. The molecule has 142 valence electrons. The molecule has 1 aromatic rings. The predicted molar refractivity (Wildman–Crippen MR) is 95.3 cm³/mol. The normalized spacial score (nSPS) is 13.4. The summed E-state index contributed by atoms with van der Waals surface area (Å²) >= 11 is 1.70. The Morgan fingerprint density at radius 2 is 2.12 bits per heavy atom. The zero-order valence-corrected chi connectivity index (χ0v) is 15.1. The van der Waals surface area contributed by atoms with Gasteiger partial charge in [0, 0.05) is 18.8 Å². The Balaban J connectivity index is 2.50. The number of benzene rings is 1. The lowest BCUT2D eigenvalue weighted by atomic mass is 10.2. The number of thioether (sulfide) groups is 1. The Kier molecular flexibility index (Phi) is 9.51. The van der Waals surface area contributed by atoms with E-state index in [1.165, 1.54) is 12.1 Å². The highest BCUT2D eigenvalue weighted by Crippen LogP contribution is 2.31. The lowest BCUT2D eigenvalue weighted by Crippen LogP contribution is -2.39. The van der Waals surface area contributed by atoms with Crippen LogP contribution >= 0.6 is 11.8 Å².